The highest BCUT2D eigenvalue weighted by atomic mass is 19.1. The maximum absolute atomic E-state index is 14.3. The first-order valence-corrected chi connectivity index (χ1v) is 7.07. The minimum Gasteiger partial charge on any atom is -0.366 e. The largest absolute Gasteiger partial charge is 0.366 e. The highest BCUT2D eigenvalue weighted by Crippen LogP contribution is 2.34. The Hall–Kier alpha value is -1.91. The minimum atomic E-state index is -0.680. The van der Waals surface area contributed by atoms with Crippen molar-refractivity contribution in [3.8, 4) is 0 Å². The van der Waals surface area contributed by atoms with Gasteiger partial charge in [-0.15, -0.1) is 0 Å². The lowest BCUT2D eigenvalue weighted by Crippen LogP contribution is -2.33. The molecule has 1 amide bonds. The Labute approximate surface area is 117 Å². The highest BCUT2D eigenvalue weighted by Gasteiger charge is 2.31. The third kappa shape index (κ3) is 1.97. The number of halogens is 1. The van der Waals surface area contributed by atoms with E-state index in [0.29, 0.717) is 24.0 Å². The van der Waals surface area contributed by atoms with Crippen LogP contribution in [0.3, 0.4) is 0 Å². The van der Waals surface area contributed by atoms with Crippen LogP contribution in [0.15, 0.2) is 12.1 Å². The van der Waals surface area contributed by atoms with E-state index >= 15 is 0 Å². The SMILES string of the molecule is CCN(c1cc2c(cc1F)C(=O)C(=O)N2)C1CCCC1. The molecule has 5 heteroatoms. The van der Waals surface area contributed by atoms with Gasteiger partial charge in [0.15, 0.2) is 0 Å². The summed E-state index contributed by atoms with van der Waals surface area (Å²) < 4.78 is 14.3. The Morgan fingerprint density at radius 1 is 1.30 bits per heavy atom. The van der Waals surface area contributed by atoms with Crippen molar-refractivity contribution >= 4 is 23.1 Å². The molecule has 0 bridgehead atoms. The standard InChI is InChI=1S/C15H17FN2O2/c1-2-18(9-5-3-4-6-9)13-8-12-10(7-11(13)16)14(19)15(20)17-12/h7-9H,2-6H2,1H3,(H,17,19,20). The Balaban J connectivity index is 2.00. The molecule has 1 aliphatic carbocycles. The second kappa shape index (κ2) is 4.89. The fourth-order valence-corrected chi connectivity index (χ4v) is 3.22. The molecule has 0 unspecified atom stereocenters. The summed E-state index contributed by atoms with van der Waals surface area (Å²) in [7, 11) is 0. The lowest BCUT2D eigenvalue weighted by molar-refractivity contribution is -0.112. The number of nitrogens with one attached hydrogen (secondary N) is 1. The second-order valence-corrected chi connectivity index (χ2v) is 5.36. The van der Waals surface area contributed by atoms with Crippen LogP contribution in [-0.4, -0.2) is 24.3 Å². The molecule has 1 saturated carbocycles. The maximum Gasteiger partial charge on any atom is 0.296 e. The summed E-state index contributed by atoms with van der Waals surface area (Å²) in [6, 6.07) is 3.12. The van der Waals surface area contributed by atoms with Crippen molar-refractivity contribution in [2.24, 2.45) is 0 Å². The van der Waals surface area contributed by atoms with E-state index in [1.54, 1.807) is 6.07 Å². The van der Waals surface area contributed by atoms with Gasteiger partial charge in [0, 0.05) is 12.6 Å². The number of rotatable bonds is 3. The smallest absolute Gasteiger partial charge is 0.296 e. The van der Waals surface area contributed by atoms with Crippen molar-refractivity contribution in [2.45, 2.75) is 38.6 Å². The van der Waals surface area contributed by atoms with Crippen LogP contribution in [0.1, 0.15) is 43.0 Å². The number of ketones is 1. The Kier molecular flexibility index (Phi) is 3.20. The molecule has 1 aromatic carbocycles. The highest BCUT2D eigenvalue weighted by molar-refractivity contribution is 6.51. The first kappa shape index (κ1) is 13.1. The number of hydrogen-bond donors (Lipinski definition) is 1. The summed E-state index contributed by atoms with van der Waals surface area (Å²) in [5.41, 5.74) is 1.04. The number of amides is 1. The summed E-state index contributed by atoms with van der Waals surface area (Å²) in [4.78, 5) is 25.0. The van der Waals surface area contributed by atoms with Crippen molar-refractivity contribution < 1.29 is 14.0 Å². The quantitative estimate of drug-likeness (QED) is 0.864. The van der Waals surface area contributed by atoms with Crippen LogP contribution >= 0.6 is 0 Å². The van der Waals surface area contributed by atoms with Gasteiger partial charge in [0.05, 0.1) is 16.9 Å². The molecular weight excluding hydrogens is 259 g/mol. The van der Waals surface area contributed by atoms with Crippen LogP contribution < -0.4 is 10.2 Å². The van der Waals surface area contributed by atoms with Crippen molar-refractivity contribution in [2.75, 3.05) is 16.8 Å². The number of fused-ring (bicyclic) bond motifs is 1. The van der Waals surface area contributed by atoms with Gasteiger partial charge in [-0.05, 0) is 31.9 Å². The number of carbonyl (C=O) groups excluding carboxylic acids is 2. The molecule has 3 rings (SSSR count). The normalized spacial score (nSPS) is 18.3. The second-order valence-electron chi connectivity index (χ2n) is 5.36. The number of anilines is 2. The molecule has 0 atom stereocenters. The van der Waals surface area contributed by atoms with Gasteiger partial charge in [-0.2, -0.15) is 0 Å². The summed E-state index contributed by atoms with van der Waals surface area (Å²) >= 11 is 0. The fourth-order valence-electron chi connectivity index (χ4n) is 3.22. The van der Waals surface area contributed by atoms with Crippen LogP contribution in [0.4, 0.5) is 15.8 Å². The average molecular weight is 276 g/mol. The molecule has 1 fully saturated rings. The molecule has 106 valence electrons. The lowest BCUT2D eigenvalue weighted by Gasteiger charge is -2.30. The molecule has 0 radical (unpaired) electrons. The van der Waals surface area contributed by atoms with E-state index in [2.05, 4.69) is 5.32 Å². The van der Waals surface area contributed by atoms with Gasteiger partial charge in [0.25, 0.3) is 11.7 Å². The first-order valence-electron chi connectivity index (χ1n) is 7.07. The monoisotopic (exact) mass is 276 g/mol. The third-order valence-electron chi connectivity index (χ3n) is 4.20. The third-order valence-corrected chi connectivity index (χ3v) is 4.20. The first-order chi connectivity index (χ1) is 9.61. The van der Waals surface area contributed by atoms with E-state index in [0.717, 1.165) is 12.8 Å². The van der Waals surface area contributed by atoms with Crippen molar-refractivity contribution in [3.05, 3.63) is 23.5 Å². The van der Waals surface area contributed by atoms with Crippen molar-refractivity contribution in [3.63, 3.8) is 0 Å². The van der Waals surface area contributed by atoms with Crippen LogP contribution in [-0.2, 0) is 4.79 Å². The summed E-state index contributed by atoms with van der Waals surface area (Å²) in [5.74, 6) is -1.77. The van der Waals surface area contributed by atoms with E-state index in [4.69, 9.17) is 0 Å². The van der Waals surface area contributed by atoms with Crippen molar-refractivity contribution in [1.29, 1.82) is 0 Å². The van der Waals surface area contributed by atoms with Gasteiger partial charge in [-0.3, -0.25) is 9.59 Å². The molecule has 4 nitrogen and oxygen atoms in total. The Bertz CT molecular complexity index is 579. The number of hydrogen-bond acceptors (Lipinski definition) is 3. The van der Waals surface area contributed by atoms with Gasteiger partial charge in [0.1, 0.15) is 5.82 Å². The summed E-state index contributed by atoms with van der Waals surface area (Å²) in [6.07, 6.45) is 4.47. The molecule has 20 heavy (non-hydrogen) atoms. The number of carbonyl (C=O) groups is 2. The summed E-state index contributed by atoms with van der Waals surface area (Å²) in [5, 5.41) is 2.50. The number of nitrogens with zero attached hydrogens (tertiary/aromatic N) is 1. The number of Topliss-reactive ketones (excluding diaryl/α,β-unsaturated/α-hetero) is 1. The zero-order valence-corrected chi connectivity index (χ0v) is 11.4. The van der Waals surface area contributed by atoms with E-state index in [1.807, 2.05) is 11.8 Å². The molecule has 2 aliphatic rings. The molecule has 1 N–H and O–H groups in total. The van der Waals surface area contributed by atoms with Gasteiger partial charge in [-0.1, -0.05) is 12.8 Å². The van der Waals surface area contributed by atoms with E-state index < -0.39 is 17.5 Å². The van der Waals surface area contributed by atoms with Crippen LogP contribution in [0, 0.1) is 5.82 Å². The summed E-state index contributed by atoms with van der Waals surface area (Å²) in [6.45, 7) is 2.71. The molecule has 1 aromatic rings. The zero-order chi connectivity index (χ0) is 14.3. The van der Waals surface area contributed by atoms with Gasteiger partial charge in [-0.25, -0.2) is 4.39 Å². The van der Waals surface area contributed by atoms with Crippen LogP contribution in [0.5, 0.6) is 0 Å². The predicted molar refractivity (Wildman–Crippen MR) is 74.6 cm³/mol. The van der Waals surface area contributed by atoms with E-state index in [1.165, 1.54) is 18.9 Å². The molecule has 0 aromatic heterocycles. The minimum absolute atomic E-state index is 0.138. The fraction of sp³-hybridized carbons (Fsp3) is 0.467. The van der Waals surface area contributed by atoms with E-state index in [-0.39, 0.29) is 5.56 Å². The molecule has 0 saturated heterocycles. The molecule has 0 spiro atoms. The Morgan fingerprint density at radius 3 is 2.65 bits per heavy atom. The topological polar surface area (TPSA) is 49.4 Å². The molecule has 1 heterocycles. The van der Waals surface area contributed by atoms with Crippen LogP contribution in [0.25, 0.3) is 0 Å². The lowest BCUT2D eigenvalue weighted by atomic mass is 10.1. The zero-order valence-electron chi connectivity index (χ0n) is 11.4. The molecule has 1 aliphatic heterocycles. The van der Waals surface area contributed by atoms with E-state index in [9.17, 15) is 14.0 Å². The van der Waals surface area contributed by atoms with Gasteiger partial charge < -0.3 is 10.2 Å². The van der Waals surface area contributed by atoms with Crippen molar-refractivity contribution in [1.82, 2.24) is 0 Å². The van der Waals surface area contributed by atoms with Crippen LogP contribution in [0.2, 0.25) is 0 Å². The predicted octanol–water partition coefficient (Wildman–Crippen LogP) is 2.73. The Morgan fingerprint density at radius 2 is 2.00 bits per heavy atom. The number of benzene rings is 1. The van der Waals surface area contributed by atoms with Gasteiger partial charge >= 0.3 is 0 Å². The molecular formula is C15H17FN2O2. The van der Waals surface area contributed by atoms with Gasteiger partial charge in [0.2, 0.25) is 0 Å². The average Bonchev–Trinajstić information content (AvgIpc) is 3.03. The maximum atomic E-state index is 14.3.